The Bertz CT molecular complexity index is 275. The average Bonchev–Trinajstić information content (AvgIpc) is 2.23. The zero-order chi connectivity index (χ0) is 13.2. The Labute approximate surface area is 111 Å². The first-order valence-electron chi connectivity index (χ1n) is 7.15. The van der Waals surface area contributed by atoms with Crippen molar-refractivity contribution in [1.29, 1.82) is 0 Å². The summed E-state index contributed by atoms with van der Waals surface area (Å²) in [5.41, 5.74) is -0.474. The van der Waals surface area contributed by atoms with E-state index in [-0.39, 0.29) is 5.60 Å². The number of likely N-dealkylation sites (N-methyl/N-ethyl adjacent to an activating group) is 1. The molecule has 0 aromatic carbocycles. The van der Waals surface area contributed by atoms with Crippen LogP contribution in [-0.2, 0) is 4.74 Å². The van der Waals surface area contributed by atoms with Gasteiger partial charge in [0.25, 0.3) is 0 Å². The Morgan fingerprint density at radius 2 is 2.17 bits per heavy atom. The van der Waals surface area contributed by atoms with Crippen LogP contribution in [-0.4, -0.2) is 61.0 Å². The van der Waals surface area contributed by atoms with Gasteiger partial charge in [0.05, 0.1) is 11.2 Å². The lowest BCUT2D eigenvalue weighted by atomic mass is 9.74. The van der Waals surface area contributed by atoms with Gasteiger partial charge in [-0.15, -0.1) is 0 Å². The standard InChI is InChI=1S/C14H28N2O2/c1-13(17,11-16(2)3)10-15-12-5-8-18-14(9-12)6-4-7-14/h12,15,17H,4-11H2,1-3H3. The molecule has 2 rings (SSSR count). The minimum absolute atomic E-state index is 0.184. The normalized spacial score (nSPS) is 30.2. The van der Waals surface area contributed by atoms with Crippen molar-refractivity contribution in [3.8, 4) is 0 Å². The first kappa shape index (κ1) is 14.3. The third-order valence-electron chi connectivity index (χ3n) is 4.19. The van der Waals surface area contributed by atoms with Gasteiger partial charge >= 0.3 is 0 Å². The fraction of sp³-hybridized carbons (Fsp3) is 1.00. The van der Waals surface area contributed by atoms with E-state index in [0.29, 0.717) is 19.1 Å². The molecule has 1 saturated carbocycles. The molecule has 106 valence electrons. The van der Waals surface area contributed by atoms with E-state index in [1.165, 1.54) is 19.3 Å². The summed E-state index contributed by atoms with van der Waals surface area (Å²) in [4.78, 5) is 2.03. The molecule has 2 fully saturated rings. The van der Waals surface area contributed by atoms with Gasteiger partial charge in [-0.05, 0) is 53.1 Å². The number of aliphatic hydroxyl groups is 1. The van der Waals surface area contributed by atoms with Gasteiger partial charge < -0.3 is 20.1 Å². The predicted molar refractivity (Wildman–Crippen MR) is 72.7 cm³/mol. The second kappa shape index (κ2) is 5.45. The average molecular weight is 256 g/mol. The van der Waals surface area contributed by atoms with Crippen LogP contribution in [0.5, 0.6) is 0 Å². The van der Waals surface area contributed by atoms with Crippen LogP contribution < -0.4 is 5.32 Å². The van der Waals surface area contributed by atoms with Crippen molar-refractivity contribution in [2.75, 3.05) is 33.8 Å². The van der Waals surface area contributed by atoms with Gasteiger partial charge in [-0.2, -0.15) is 0 Å². The summed E-state index contributed by atoms with van der Waals surface area (Å²) in [5.74, 6) is 0. The number of rotatable bonds is 5. The van der Waals surface area contributed by atoms with E-state index in [1.54, 1.807) is 0 Å². The Balaban J connectivity index is 1.75. The minimum atomic E-state index is -0.658. The van der Waals surface area contributed by atoms with Crippen molar-refractivity contribution >= 4 is 0 Å². The zero-order valence-corrected chi connectivity index (χ0v) is 12.0. The Kier molecular flexibility index (Phi) is 4.32. The maximum Gasteiger partial charge on any atom is 0.0869 e. The molecule has 4 nitrogen and oxygen atoms in total. The lowest BCUT2D eigenvalue weighted by Gasteiger charge is -2.47. The second-order valence-corrected chi connectivity index (χ2v) is 6.69. The molecule has 18 heavy (non-hydrogen) atoms. The molecular weight excluding hydrogens is 228 g/mol. The monoisotopic (exact) mass is 256 g/mol. The van der Waals surface area contributed by atoms with Crippen LogP contribution in [0.15, 0.2) is 0 Å². The molecule has 2 atom stereocenters. The van der Waals surface area contributed by atoms with Crippen molar-refractivity contribution in [2.45, 2.75) is 56.3 Å². The van der Waals surface area contributed by atoms with Crippen LogP contribution in [0.25, 0.3) is 0 Å². The van der Waals surface area contributed by atoms with E-state index in [1.807, 2.05) is 25.9 Å². The highest BCUT2D eigenvalue weighted by atomic mass is 16.5. The van der Waals surface area contributed by atoms with E-state index >= 15 is 0 Å². The Hall–Kier alpha value is -0.160. The van der Waals surface area contributed by atoms with Gasteiger partial charge in [0.15, 0.2) is 0 Å². The molecule has 1 spiro atoms. The van der Waals surface area contributed by atoms with Gasteiger partial charge in [-0.1, -0.05) is 0 Å². The van der Waals surface area contributed by atoms with Crippen LogP contribution in [0.2, 0.25) is 0 Å². The largest absolute Gasteiger partial charge is 0.388 e. The van der Waals surface area contributed by atoms with Crippen LogP contribution in [0.4, 0.5) is 0 Å². The molecule has 2 aliphatic rings. The third kappa shape index (κ3) is 3.67. The van der Waals surface area contributed by atoms with Crippen LogP contribution in [0.3, 0.4) is 0 Å². The summed E-state index contributed by atoms with van der Waals surface area (Å²) in [7, 11) is 3.98. The summed E-state index contributed by atoms with van der Waals surface area (Å²) in [6, 6.07) is 0.507. The van der Waals surface area contributed by atoms with Crippen molar-refractivity contribution in [2.24, 2.45) is 0 Å². The maximum atomic E-state index is 10.3. The SMILES string of the molecule is CN(C)CC(C)(O)CNC1CCOC2(CCC2)C1. The number of hydrogen-bond donors (Lipinski definition) is 2. The van der Waals surface area contributed by atoms with E-state index in [4.69, 9.17) is 4.74 Å². The van der Waals surface area contributed by atoms with Gasteiger partial charge in [-0.25, -0.2) is 0 Å². The van der Waals surface area contributed by atoms with Crippen LogP contribution >= 0.6 is 0 Å². The topological polar surface area (TPSA) is 44.7 Å². The first-order valence-corrected chi connectivity index (χ1v) is 7.15. The third-order valence-corrected chi connectivity index (χ3v) is 4.19. The Morgan fingerprint density at radius 3 is 2.72 bits per heavy atom. The molecule has 2 unspecified atom stereocenters. The zero-order valence-electron chi connectivity index (χ0n) is 12.0. The molecule has 0 aromatic heterocycles. The van der Waals surface area contributed by atoms with Crippen molar-refractivity contribution in [1.82, 2.24) is 10.2 Å². The molecular formula is C14H28N2O2. The van der Waals surface area contributed by atoms with Crippen LogP contribution in [0.1, 0.15) is 39.0 Å². The fourth-order valence-corrected chi connectivity index (χ4v) is 3.22. The molecule has 1 aliphatic carbocycles. The highest BCUT2D eigenvalue weighted by Crippen LogP contribution is 2.42. The maximum absolute atomic E-state index is 10.3. The molecule has 1 aliphatic heterocycles. The molecule has 2 N–H and O–H groups in total. The number of nitrogens with one attached hydrogen (secondary N) is 1. The summed E-state index contributed by atoms with van der Waals surface area (Å²) < 4.78 is 5.92. The minimum Gasteiger partial charge on any atom is -0.388 e. The van der Waals surface area contributed by atoms with E-state index in [2.05, 4.69) is 5.32 Å². The first-order chi connectivity index (χ1) is 8.41. The van der Waals surface area contributed by atoms with Gasteiger partial charge in [0.2, 0.25) is 0 Å². The van der Waals surface area contributed by atoms with Crippen LogP contribution in [0, 0.1) is 0 Å². The molecule has 0 bridgehead atoms. The Morgan fingerprint density at radius 1 is 1.44 bits per heavy atom. The molecule has 0 radical (unpaired) electrons. The fourth-order valence-electron chi connectivity index (χ4n) is 3.22. The highest BCUT2D eigenvalue weighted by molar-refractivity contribution is 4.96. The number of hydrogen-bond acceptors (Lipinski definition) is 4. The summed E-state index contributed by atoms with van der Waals surface area (Å²) in [6.07, 6.45) is 5.94. The van der Waals surface area contributed by atoms with Crippen molar-refractivity contribution < 1.29 is 9.84 Å². The van der Waals surface area contributed by atoms with Crippen molar-refractivity contribution in [3.63, 3.8) is 0 Å². The molecule has 1 heterocycles. The summed E-state index contributed by atoms with van der Waals surface area (Å²) in [5, 5.41) is 13.8. The number of ether oxygens (including phenoxy) is 1. The smallest absolute Gasteiger partial charge is 0.0869 e. The van der Waals surface area contributed by atoms with Crippen molar-refractivity contribution in [3.05, 3.63) is 0 Å². The van der Waals surface area contributed by atoms with E-state index in [0.717, 1.165) is 19.4 Å². The quantitative estimate of drug-likeness (QED) is 0.770. The van der Waals surface area contributed by atoms with Gasteiger partial charge in [0, 0.05) is 25.7 Å². The predicted octanol–water partition coefficient (Wildman–Crippen LogP) is 0.990. The molecule has 1 saturated heterocycles. The highest BCUT2D eigenvalue weighted by Gasteiger charge is 2.42. The summed E-state index contributed by atoms with van der Waals surface area (Å²) >= 11 is 0. The molecule has 0 aromatic rings. The van der Waals surface area contributed by atoms with Gasteiger partial charge in [0.1, 0.15) is 0 Å². The molecule has 0 amide bonds. The summed E-state index contributed by atoms with van der Waals surface area (Å²) in [6.45, 7) is 4.12. The van der Waals surface area contributed by atoms with Gasteiger partial charge in [-0.3, -0.25) is 0 Å². The van der Waals surface area contributed by atoms with E-state index < -0.39 is 5.60 Å². The second-order valence-electron chi connectivity index (χ2n) is 6.69. The van der Waals surface area contributed by atoms with E-state index in [9.17, 15) is 5.11 Å². The number of nitrogens with zero attached hydrogens (tertiary/aromatic N) is 1. The lowest BCUT2D eigenvalue weighted by Crippen LogP contribution is -2.54. The molecule has 4 heteroatoms. The lowest BCUT2D eigenvalue weighted by molar-refractivity contribution is -0.136.